The number of rotatable bonds is 16. The van der Waals surface area contributed by atoms with Gasteiger partial charge in [-0.15, -0.1) is 0 Å². The van der Waals surface area contributed by atoms with Gasteiger partial charge in [0.05, 0.1) is 12.5 Å². The van der Waals surface area contributed by atoms with E-state index in [9.17, 15) is 29.1 Å². The molecule has 0 saturated carbocycles. The van der Waals surface area contributed by atoms with Gasteiger partial charge in [0, 0.05) is 18.7 Å². The number of nitrogens with zero attached hydrogens (tertiary/aromatic N) is 1. The van der Waals surface area contributed by atoms with Crippen molar-refractivity contribution in [1.29, 1.82) is 0 Å². The Hall–Kier alpha value is -4.05. The molecule has 1 aromatic rings. The Morgan fingerprint density at radius 1 is 0.895 bits per heavy atom. The van der Waals surface area contributed by atoms with Crippen LogP contribution in [0.15, 0.2) is 29.3 Å². The predicted molar refractivity (Wildman–Crippen MR) is 141 cm³/mol. The van der Waals surface area contributed by atoms with E-state index in [2.05, 4.69) is 33.6 Å². The molecular formula is C22H34N8O7S. The van der Waals surface area contributed by atoms with Crippen LogP contribution in [0.25, 0.3) is 0 Å². The first kappa shape index (κ1) is 32.0. The van der Waals surface area contributed by atoms with Crippen LogP contribution in [0.5, 0.6) is 5.75 Å². The summed E-state index contributed by atoms with van der Waals surface area (Å²) in [5, 5.41) is 25.7. The molecule has 0 radical (unpaired) electrons. The summed E-state index contributed by atoms with van der Waals surface area (Å²) in [4.78, 5) is 65.1. The number of thiol groups is 1. The molecule has 15 nitrogen and oxygen atoms in total. The van der Waals surface area contributed by atoms with Crippen molar-refractivity contribution < 1.29 is 34.2 Å². The van der Waals surface area contributed by atoms with Gasteiger partial charge in [0.1, 0.15) is 23.9 Å². The van der Waals surface area contributed by atoms with Crippen molar-refractivity contribution in [1.82, 2.24) is 16.0 Å². The number of aliphatic imine (C=N–C) groups is 1. The van der Waals surface area contributed by atoms with Gasteiger partial charge in [-0.1, -0.05) is 12.1 Å². The maximum absolute atomic E-state index is 13.2. The van der Waals surface area contributed by atoms with Crippen LogP contribution in [-0.2, 0) is 30.4 Å². The molecule has 0 aliphatic rings. The van der Waals surface area contributed by atoms with Gasteiger partial charge >= 0.3 is 5.97 Å². The minimum atomic E-state index is -1.53. The van der Waals surface area contributed by atoms with Crippen LogP contribution in [0.2, 0.25) is 0 Å². The number of aliphatic carboxylic acids is 1. The number of nitrogens with one attached hydrogen (secondary N) is 3. The van der Waals surface area contributed by atoms with Crippen LogP contribution in [0.3, 0.4) is 0 Å². The number of guanidine groups is 1. The van der Waals surface area contributed by atoms with E-state index in [-0.39, 0.29) is 36.8 Å². The molecule has 16 heteroatoms. The second-order valence-electron chi connectivity index (χ2n) is 8.30. The van der Waals surface area contributed by atoms with Crippen molar-refractivity contribution >= 4 is 48.2 Å². The average Bonchev–Trinajstić information content (AvgIpc) is 2.84. The Morgan fingerprint density at radius 3 is 1.97 bits per heavy atom. The van der Waals surface area contributed by atoms with Crippen LogP contribution in [-0.4, -0.2) is 82.2 Å². The van der Waals surface area contributed by atoms with Crippen LogP contribution in [0.1, 0.15) is 24.8 Å². The SMILES string of the molecule is NC(=O)CC(NC(=O)C(Cc1ccc(O)cc1)NC(=O)C(N)CCCN=C(N)N)C(=O)NC(CS)C(=O)O. The first-order valence-electron chi connectivity index (χ1n) is 11.5. The lowest BCUT2D eigenvalue weighted by atomic mass is 10.0. The first-order chi connectivity index (χ1) is 17.8. The van der Waals surface area contributed by atoms with E-state index < -0.39 is 60.2 Å². The summed E-state index contributed by atoms with van der Waals surface area (Å²) in [5.41, 5.74) is 22.2. The molecule has 1 rings (SSSR count). The lowest BCUT2D eigenvalue weighted by Crippen LogP contribution is -2.58. The number of benzene rings is 1. The highest BCUT2D eigenvalue weighted by Gasteiger charge is 2.31. The highest BCUT2D eigenvalue weighted by Crippen LogP contribution is 2.12. The molecule has 4 amide bonds. The molecule has 38 heavy (non-hydrogen) atoms. The van der Waals surface area contributed by atoms with Crippen LogP contribution in [0.4, 0.5) is 0 Å². The van der Waals surface area contributed by atoms with Crippen molar-refractivity contribution in [2.75, 3.05) is 12.3 Å². The fourth-order valence-electron chi connectivity index (χ4n) is 3.15. The fourth-order valence-corrected chi connectivity index (χ4v) is 3.39. The number of nitrogens with two attached hydrogens (primary N) is 4. The number of primary amides is 1. The van der Waals surface area contributed by atoms with E-state index in [0.717, 1.165) is 0 Å². The molecular weight excluding hydrogens is 520 g/mol. The highest BCUT2D eigenvalue weighted by molar-refractivity contribution is 7.80. The molecule has 210 valence electrons. The van der Waals surface area contributed by atoms with E-state index in [1.54, 1.807) is 0 Å². The lowest BCUT2D eigenvalue weighted by molar-refractivity contribution is -0.141. The van der Waals surface area contributed by atoms with Gasteiger partial charge in [0.25, 0.3) is 0 Å². The van der Waals surface area contributed by atoms with Crippen molar-refractivity contribution in [3.8, 4) is 5.75 Å². The minimum Gasteiger partial charge on any atom is -0.508 e. The molecule has 0 aliphatic heterocycles. The molecule has 4 unspecified atom stereocenters. The summed E-state index contributed by atoms with van der Waals surface area (Å²) in [7, 11) is 0. The van der Waals surface area contributed by atoms with E-state index in [4.69, 9.17) is 28.0 Å². The zero-order valence-corrected chi connectivity index (χ0v) is 21.4. The number of phenolic OH excluding ortho intramolecular Hbond substituents is 1. The number of carbonyl (C=O) groups is 5. The van der Waals surface area contributed by atoms with Gasteiger partial charge in [-0.25, -0.2) is 4.79 Å². The van der Waals surface area contributed by atoms with Crippen LogP contribution >= 0.6 is 12.6 Å². The number of carboxylic acid groups (broad SMARTS) is 1. The highest BCUT2D eigenvalue weighted by atomic mass is 32.1. The molecule has 0 bridgehead atoms. The normalized spacial score (nSPS) is 13.7. The summed E-state index contributed by atoms with van der Waals surface area (Å²) >= 11 is 3.86. The number of hydrogen-bond acceptors (Lipinski definition) is 9. The van der Waals surface area contributed by atoms with Crippen molar-refractivity contribution in [2.45, 2.75) is 49.9 Å². The topological polar surface area (TPSA) is 278 Å². The van der Waals surface area contributed by atoms with E-state index >= 15 is 0 Å². The quantitative estimate of drug-likeness (QED) is 0.0419. The number of carbonyl (C=O) groups excluding carboxylic acids is 4. The van der Waals surface area contributed by atoms with E-state index in [1.807, 2.05) is 0 Å². The Bertz CT molecular complexity index is 1020. The second-order valence-corrected chi connectivity index (χ2v) is 8.67. The third-order valence-corrected chi connectivity index (χ3v) is 5.51. The largest absolute Gasteiger partial charge is 0.508 e. The van der Waals surface area contributed by atoms with Crippen molar-refractivity contribution in [3.05, 3.63) is 29.8 Å². The number of carboxylic acids is 1. The fraction of sp³-hybridized carbons (Fsp3) is 0.455. The van der Waals surface area contributed by atoms with Gasteiger partial charge in [0.15, 0.2) is 5.96 Å². The molecule has 0 fully saturated rings. The summed E-state index contributed by atoms with van der Waals surface area (Å²) < 4.78 is 0. The standard InChI is InChI=1S/C22H34N8O7S/c23-13(2-1-7-27-22(25)26)18(33)28-14(8-11-3-5-12(31)6-4-11)19(34)29-15(9-17(24)32)20(35)30-16(10-38)21(36)37/h3-6,13-16,31,38H,1-2,7-10,23H2,(H2,24,32)(H,28,33)(H,29,34)(H,30,35)(H,36,37)(H4,25,26,27). The monoisotopic (exact) mass is 554 g/mol. The van der Waals surface area contributed by atoms with Gasteiger partial charge < -0.3 is 49.1 Å². The summed E-state index contributed by atoms with van der Waals surface area (Å²) in [5.74, 6) is -5.20. The zero-order chi connectivity index (χ0) is 28.8. The minimum absolute atomic E-state index is 0.0167. The van der Waals surface area contributed by atoms with Crippen molar-refractivity contribution in [2.24, 2.45) is 27.9 Å². The van der Waals surface area contributed by atoms with Gasteiger partial charge in [-0.3, -0.25) is 24.2 Å². The molecule has 0 spiro atoms. The summed E-state index contributed by atoms with van der Waals surface area (Å²) in [6, 6.07) is 0.609. The smallest absolute Gasteiger partial charge is 0.327 e. The number of amides is 4. The Labute approximate surface area is 224 Å². The van der Waals surface area contributed by atoms with E-state index in [0.29, 0.717) is 12.0 Å². The molecule has 0 aromatic heterocycles. The van der Waals surface area contributed by atoms with Gasteiger partial charge in [-0.2, -0.15) is 12.6 Å². The maximum Gasteiger partial charge on any atom is 0.327 e. The van der Waals surface area contributed by atoms with Crippen molar-refractivity contribution in [3.63, 3.8) is 0 Å². The predicted octanol–water partition coefficient (Wildman–Crippen LogP) is -3.34. The van der Waals surface area contributed by atoms with Gasteiger partial charge in [0.2, 0.25) is 23.6 Å². The Kier molecular flexibility index (Phi) is 13.4. The average molecular weight is 555 g/mol. The number of hydrogen-bond donors (Lipinski definition) is 10. The number of aromatic hydroxyl groups is 1. The molecule has 13 N–H and O–H groups in total. The van der Waals surface area contributed by atoms with Crippen LogP contribution in [0, 0.1) is 0 Å². The van der Waals surface area contributed by atoms with Crippen LogP contribution < -0.4 is 38.9 Å². The van der Waals surface area contributed by atoms with E-state index in [1.165, 1.54) is 24.3 Å². The maximum atomic E-state index is 13.2. The third-order valence-electron chi connectivity index (χ3n) is 5.15. The summed E-state index contributed by atoms with van der Waals surface area (Å²) in [6.45, 7) is 0.244. The molecule has 4 atom stereocenters. The van der Waals surface area contributed by atoms with Gasteiger partial charge in [-0.05, 0) is 30.5 Å². The Morgan fingerprint density at radius 2 is 1.45 bits per heavy atom. The summed E-state index contributed by atoms with van der Waals surface area (Å²) in [6.07, 6.45) is -0.125. The molecule has 0 heterocycles. The molecule has 1 aromatic carbocycles. The number of phenols is 1. The molecule has 0 saturated heterocycles. The third kappa shape index (κ3) is 11.8. The lowest BCUT2D eigenvalue weighted by Gasteiger charge is -2.24. The molecule has 0 aliphatic carbocycles. The second kappa shape index (κ2) is 15.9. The zero-order valence-electron chi connectivity index (χ0n) is 20.5. The first-order valence-corrected chi connectivity index (χ1v) is 12.1. The Balaban J connectivity index is 3.07.